The molecule has 1 unspecified atom stereocenters. The summed E-state index contributed by atoms with van der Waals surface area (Å²) in [6, 6.07) is 8.39. The maximum atomic E-state index is 14.3. The van der Waals surface area contributed by atoms with Gasteiger partial charge in [0.05, 0.1) is 0 Å². The third kappa shape index (κ3) is 2.30. The van der Waals surface area contributed by atoms with Crippen LogP contribution in [0.3, 0.4) is 0 Å². The van der Waals surface area contributed by atoms with E-state index in [1.54, 1.807) is 6.07 Å². The summed E-state index contributed by atoms with van der Waals surface area (Å²) < 4.78 is 41.2. The number of anilines is 1. The monoisotopic (exact) mass is 318 g/mol. The first kappa shape index (κ1) is 14.6. The first-order valence-corrected chi connectivity index (χ1v) is 7.90. The summed E-state index contributed by atoms with van der Waals surface area (Å²) in [6.07, 6.45) is 1.94. The van der Waals surface area contributed by atoms with E-state index >= 15 is 0 Å². The number of hydrogen-bond donors (Lipinski definition) is 1. The van der Waals surface area contributed by atoms with E-state index in [2.05, 4.69) is 10.2 Å². The van der Waals surface area contributed by atoms with Crippen LogP contribution in [0.15, 0.2) is 30.3 Å². The smallest absolute Gasteiger partial charge is 0.195 e. The van der Waals surface area contributed by atoms with Crippen LogP contribution in [0, 0.1) is 17.5 Å². The summed E-state index contributed by atoms with van der Waals surface area (Å²) in [7, 11) is 0. The summed E-state index contributed by atoms with van der Waals surface area (Å²) in [5.41, 5.74) is 2.88. The fraction of sp³-hybridized carbons (Fsp3) is 0.333. The van der Waals surface area contributed by atoms with Crippen LogP contribution in [-0.2, 0) is 6.42 Å². The fourth-order valence-electron chi connectivity index (χ4n) is 3.74. The first-order valence-electron chi connectivity index (χ1n) is 7.90. The molecule has 1 atom stereocenters. The zero-order chi connectivity index (χ0) is 16.0. The summed E-state index contributed by atoms with van der Waals surface area (Å²) in [5, 5.41) is 3.37. The second-order valence-electron chi connectivity index (χ2n) is 6.13. The number of nitrogens with one attached hydrogen (secondary N) is 1. The van der Waals surface area contributed by atoms with Crippen LogP contribution in [0.1, 0.15) is 12.0 Å². The van der Waals surface area contributed by atoms with E-state index < -0.39 is 17.5 Å². The molecule has 1 N–H and O–H groups in total. The second kappa shape index (κ2) is 5.57. The van der Waals surface area contributed by atoms with Crippen molar-refractivity contribution in [3.8, 4) is 11.1 Å². The van der Waals surface area contributed by atoms with Crippen LogP contribution >= 0.6 is 0 Å². The molecule has 0 bridgehead atoms. The Labute approximate surface area is 132 Å². The Hall–Kier alpha value is -2.01. The van der Waals surface area contributed by atoms with Gasteiger partial charge in [-0.05, 0) is 37.1 Å². The van der Waals surface area contributed by atoms with Gasteiger partial charge in [0.25, 0.3) is 0 Å². The summed E-state index contributed by atoms with van der Waals surface area (Å²) >= 11 is 0. The highest BCUT2D eigenvalue weighted by Gasteiger charge is 2.32. The number of para-hydroxylation sites is 1. The molecule has 1 saturated heterocycles. The zero-order valence-corrected chi connectivity index (χ0v) is 12.6. The predicted octanol–water partition coefficient (Wildman–Crippen LogP) is 3.50. The maximum absolute atomic E-state index is 14.3. The standard InChI is InChI=1S/C18H17F3N2/c19-15-5-4-13(16(20)17(15)21)14-3-1-2-11-10-12-6-7-22-8-9-23(12)18(11)14/h1-5,12,22H,6-10H2. The molecule has 0 spiro atoms. The molecule has 0 aliphatic carbocycles. The van der Waals surface area contributed by atoms with Crippen molar-refractivity contribution in [2.45, 2.75) is 18.9 Å². The Kier molecular flexibility index (Phi) is 3.53. The van der Waals surface area contributed by atoms with Crippen LogP contribution in [0.25, 0.3) is 11.1 Å². The van der Waals surface area contributed by atoms with Crippen molar-refractivity contribution in [3.05, 3.63) is 53.3 Å². The highest BCUT2D eigenvalue weighted by molar-refractivity contribution is 5.83. The lowest BCUT2D eigenvalue weighted by Crippen LogP contribution is -2.33. The average Bonchev–Trinajstić information content (AvgIpc) is 2.75. The molecule has 120 valence electrons. The molecule has 2 aliphatic heterocycles. The van der Waals surface area contributed by atoms with Crippen molar-refractivity contribution in [1.82, 2.24) is 5.32 Å². The number of hydrogen-bond acceptors (Lipinski definition) is 2. The van der Waals surface area contributed by atoms with Crippen molar-refractivity contribution in [1.29, 1.82) is 0 Å². The number of halogens is 3. The van der Waals surface area contributed by atoms with Gasteiger partial charge in [-0.25, -0.2) is 13.2 Å². The quantitative estimate of drug-likeness (QED) is 0.810. The van der Waals surface area contributed by atoms with Gasteiger partial charge in [-0.3, -0.25) is 0 Å². The predicted molar refractivity (Wildman–Crippen MR) is 84.1 cm³/mol. The van der Waals surface area contributed by atoms with Gasteiger partial charge in [0.2, 0.25) is 0 Å². The number of benzene rings is 2. The van der Waals surface area contributed by atoms with Crippen LogP contribution in [0.5, 0.6) is 0 Å². The summed E-state index contributed by atoms with van der Waals surface area (Å²) in [4.78, 5) is 2.28. The molecule has 0 aromatic heterocycles. The fourth-order valence-corrected chi connectivity index (χ4v) is 3.74. The van der Waals surface area contributed by atoms with Crippen molar-refractivity contribution in [3.63, 3.8) is 0 Å². The van der Waals surface area contributed by atoms with Crippen molar-refractivity contribution < 1.29 is 13.2 Å². The highest BCUT2D eigenvalue weighted by atomic mass is 19.2. The molecule has 2 heterocycles. The van der Waals surface area contributed by atoms with Crippen molar-refractivity contribution in [2.75, 3.05) is 24.5 Å². The molecule has 0 saturated carbocycles. The molecule has 0 radical (unpaired) electrons. The molecule has 2 aromatic rings. The van der Waals surface area contributed by atoms with Crippen molar-refractivity contribution in [2.24, 2.45) is 0 Å². The van der Waals surface area contributed by atoms with Gasteiger partial charge in [-0.15, -0.1) is 0 Å². The minimum atomic E-state index is -1.41. The van der Waals surface area contributed by atoms with Gasteiger partial charge in [0.1, 0.15) is 0 Å². The Morgan fingerprint density at radius 2 is 1.83 bits per heavy atom. The van der Waals surface area contributed by atoms with Crippen molar-refractivity contribution >= 4 is 5.69 Å². The molecule has 5 heteroatoms. The van der Waals surface area contributed by atoms with E-state index in [0.29, 0.717) is 11.6 Å². The van der Waals surface area contributed by atoms with Crippen LogP contribution in [0.2, 0.25) is 0 Å². The van der Waals surface area contributed by atoms with Gasteiger partial charge in [0.15, 0.2) is 17.5 Å². The van der Waals surface area contributed by atoms with E-state index in [1.807, 2.05) is 12.1 Å². The third-order valence-corrected chi connectivity index (χ3v) is 4.81. The van der Waals surface area contributed by atoms with Crippen LogP contribution in [-0.4, -0.2) is 25.7 Å². The van der Waals surface area contributed by atoms with Gasteiger partial charge in [-0.2, -0.15) is 0 Å². The molecule has 4 rings (SSSR count). The molecular formula is C18H17F3N2. The van der Waals surface area contributed by atoms with Gasteiger partial charge < -0.3 is 10.2 Å². The largest absolute Gasteiger partial charge is 0.366 e. The van der Waals surface area contributed by atoms with Gasteiger partial charge in [-0.1, -0.05) is 18.2 Å². The molecule has 23 heavy (non-hydrogen) atoms. The lowest BCUT2D eigenvalue weighted by atomic mass is 9.99. The Morgan fingerprint density at radius 3 is 2.70 bits per heavy atom. The topological polar surface area (TPSA) is 15.3 Å². The molecule has 1 fully saturated rings. The molecule has 2 aliphatic rings. The maximum Gasteiger partial charge on any atom is 0.195 e. The second-order valence-corrected chi connectivity index (χ2v) is 6.13. The van der Waals surface area contributed by atoms with Gasteiger partial charge >= 0.3 is 0 Å². The lowest BCUT2D eigenvalue weighted by Gasteiger charge is -2.26. The number of nitrogens with zero attached hydrogens (tertiary/aromatic N) is 1. The Morgan fingerprint density at radius 1 is 0.957 bits per heavy atom. The summed E-state index contributed by atoms with van der Waals surface area (Å²) in [5.74, 6) is -3.68. The lowest BCUT2D eigenvalue weighted by molar-refractivity contribution is 0.449. The van der Waals surface area contributed by atoms with E-state index in [9.17, 15) is 13.2 Å². The zero-order valence-electron chi connectivity index (χ0n) is 12.6. The Balaban J connectivity index is 1.87. The van der Waals surface area contributed by atoms with E-state index in [-0.39, 0.29) is 5.56 Å². The van der Waals surface area contributed by atoms with E-state index in [4.69, 9.17) is 0 Å². The minimum Gasteiger partial charge on any atom is -0.366 e. The van der Waals surface area contributed by atoms with Crippen LogP contribution < -0.4 is 10.2 Å². The van der Waals surface area contributed by atoms with Crippen LogP contribution in [0.4, 0.5) is 18.9 Å². The normalized spacial score (nSPS) is 20.1. The number of rotatable bonds is 1. The SMILES string of the molecule is Fc1ccc(-c2cccc3c2N2CCNCCC2C3)c(F)c1F. The van der Waals surface area contributed by atoms with E-state index in [0.717, 1.165) is 49.8 Å². The summed E-state index contributed by atoms with van der Waals surface area (Å²) in [6.45, 7) is 2.66. The van der Waals surface area contributed by atoms with E-state index in [1.165, 1.54) is 6.07 Å². The first-order chi connectivity index (χ1) is 11.2. The molecule has 2 aromatic carbocycles. The number of fused-ring (bicyclic) bond motifs is 3. The molecule has 2 nitrogen and oxygen atoms in total. The Bertz CT molecular complexity index is 760. The highest BCUT2D eigenvalue weighted by Crippen LogP contribution is 2.42. The molecule has 0 amide bonds. The van der Waals surface area contributed by atoms with Gasteiger partial charge in [0, 0.05) is 35.9 Å². The molecular weight excluding hydrogens is 301 g/mol. The minimum absolute atomic E-state index is 0.124. The average molecular weight is 318 g/mol. The third-order valence-electron chi connectivity index (χ3n) is 4.81.